The molecule has 0 aromatic carbocycles. The van der Waals surface area contributed by atoms with Crippen LogP contribution in [0.3, 0.4) is 0 Å². The SMILES string of the molecule is CCC(=O)O.CCCCC(=O)[O-].[Na+]. The van der Waals surface area contributed by atoms with Crippen molar-refractivity contribution in [2.24, 2.45) is 0 Å². The number of rotatable bonds is 4. The summed E-state index contributed by atoms with van der Waals surface area (Å²) in [6.07, 6.45) is 2.09. The van der Waals surface area contributed by atoms with E-state index in [0.717, 1.165) is 12.8 Å². The number of carbonyl (C=O) groups excluding carboxylic acids is 1. The Balaban J connectivity index is -0.000000150. The van der Waals surface area contributed by atoms with Gasteiger partial charge in [-0.25, -0.2) is 0 Å². The van der Waals surface area contributed by atoms with Crippen LogP contribution in [0.4, 0.5) is 0 Å². The minimum Gasteiger partial charge on any atom is -0.550 e. The van der Waals surface area contributed by atoms with Gasteiger partial charge in [-0.1, -0.05) is 20.3 Å². The topological polar surface area (TPSA) is 77.4 Å². The van der Waals surface area contributed by atoms with Gasteiger partial charge in [0.25, 0.3) is 0 Å². The fraction of sp³-hybridized carbons (Fsp3) is 0.750. The van der Waals surface area contributed by atoms with Gasteiger partial charge in [0.2, 0.25) is 0 Å². The number of carboxylic acids is 2. The van der Waals surface area contributed by atoms with E-state index in [4.69, 9.17) is 5.11 Å². The van der Waals surface area contributed by atoms with Gasteiger partial charge in [0.15, 0.2) is 0 Å². The summed E-state index contributed by atoms with van der Waals surface area (Å²) in [5, 5.41) is 17.4. The maximum Gasteiger partial charge on any atom is 1.00 e. The summed E-state index contributed by atoms with van der Waals surface area (Å²) in [5.41, 5.74) is 0. The molecule has 0 radical (unpaired) electrons. The summed E-state index contributed by atoms with van der Waals surface area (Å²) in [5.74, 6) is -1.69. The first-order valence-corrected chi connectivity index (χ1v) is 3.96. The van der Waals surface area contributed by atoms with E-state index in [1.807, 2.05) is 6.92 Å². The Morgan fingerprint density at radius 3 is 1.77 bits per heavy atom. The Labute approximate surface area is 101 Å². The number of carboxylic acid groups (broad SMARTS) is 2. The molecule has 0 fully saturated rings. The fourth-order valence-corrected chi connectivity index (χ4v) is 0.321. The van der Waals surface area contributed by atoms with Crippen molar-refractivity contribution in [3.05, 3.63) is 0 Å². The first kappa shape index (κ1) is 18.7. The van der Waals surface area contributed by atoms with Crippen LogP contribution in [0, 0.1) is 0 Å². The van der Waals surface area contributed by atoms with Crippen LogP contribution in [0.25, 0.3) is 0 Å². The smallest absolute Gasteiger partial charge is 0.550 e. The number of carbonyl (C=O) groups is 2. The van der Waals surface area contributed by atoms with Gasteiger partial charge in [0.1, 0.15) is 0 Å². The molecule has 0 aliphatic rings. The summed E-state index contributed by atoms with van der Waals surface area (Å²) < 4.78 is 0. The van der Waals surface area contributed by atoms with Crippen LogP contribution in [0.1, 0.15) is 39.5 Å². The van der Waals surface area contributed by atoms with Crippen molar-refractivity contribution in [2.45, 2.75) is 39.5 Å². The molecule has 0 spiro atoms. The largest absolute Gasteiger partial charge is 1.00 e. The van der Waals surface area contributed by atoms with E-state index in [1.165, 1.54) is 0 Å². The van der Waals surface area contributed by atoms with Crippen molar-refractivity contribution >= 4 is 11.9 Å². The minimum absolute atomic E-state index is 0. The second-order valence-corrected chi connectivity index (χ2v) is 2.22. The van der Waals surface area contributed by atoms with Crippen molar-refractivity contribution in [1.82, 2.24) is 0 Å². The van der Waals surface area contributed by atoms with E-state index in [9.17, 15) is 14.7 Å². The van der Waals surface area contributed by atoms with E-state index in [2.05, 4.69) is 0 Å². The van der Waals surface area contributed by atoms with Crippen LogP contribution in [-0.2, 0) is 9.59 Å². The van der Waals surface area contributed by atoms with Gasteiger partial charge >= 0.3 is 35.5 Å². The van der Waals surface area contributed by atoms with Crippen LogP contribution in [0.15, 0.2) is 0 Å². The Morgan fingerprint density at radius 2 is 1.69 bits per heavy atom. The molecule has 72 valence electrons. The molecule has 5 heteroatoms. The Morgan fingerprint density at radius 1 is 1.31 bits per heavy atom. The van der Waals surface area contributed by atoms with Crippen LogP contribution in [0.5, 0.6) is 0 Å². The van der Waals surface area contributed by atoms with Crippen molar-refractivity contribution in [3.8, 4) is 0 Å². The van der Waals surface area contributed by atoms with Crippen molar-refractivity contribution in [3.63, 3.8) is 0 Å². The van der Waals surface area contributed by atoms with Crippen LogP contribution in [0.2, 0.25) is 0 Å². The summed E-state index contributed by atoms with van der Waals surface area (Å²) in [6.45, 7) is 3.55. The molecule has 13 heavy (non-hydrogen) atoms. The molecular formula is C8H15NaO4. The molecule has 0 amide bonds. The Kier molecular flexibility index (Phi) is 20.8. The summed E-state index contributed by atoms with van der Waals surface area (Å²) in [4.78, 5) is 19.0. The standard InChI is InChI=1S/C5H10O2.C3H6O2.Na/c1-2-3-4-5(6)7;1-2-3(4)5;/h2-4H2,1H3,(H,6,7);2H2,1H3,(H,4,5);/q;;+1/p-1. The van der Waals surface area contributed by atoms with Crippen LogP contribution < -0.4 is 34.7 Å². The molecule has 1 N–H and O–H groups in total. The average molecular weight is 198 g/mol. The third-order valence-corrected chi connectivity index (χ3v) is 1.04. The fourth-order valence-electron chi connectivity index (χ4n) is 0.321. The zero-order chi connectivity index (χ0) is 9.98. The maximum atomic E-state index is 9.65. The maximum absolute atomic E-state index is 9.65. The quantitative estimate of drug-likeness (QED) is 0.503. The molecule has 0 aliphatic carbocycles. The molecule has 0 unspecified atom stereocenters. The van der Waals surface area contributed by atoms with Crippen LogP contribution in [-0.4, -0.2) is 17.0 Å². The van der Waals surface area contributed by atoms with E-state index >= 15 is 0 Å². The normalized spacial score (nSPS) is 7.54. The molecule has 0 rings (SSSR count). The summed E-state index contributed by atoms with van der Waals surface area (Å²) in [6, 6.07) is 0. The van der Waals surface area contributed by atoms with Gasteiger partial charge < -0.3 is 15.0 Å². The van der Waals surface area contributed by atoms with Gasteiger partial charge in [-0.2, -0.15) is 0 Å². The monoisotopic (exact) mass is 198 g/mol. The van der Waals surface area contributed by atoms with Crippen molar-refractivity contribution in [2.75, 3.05) is 0 Å². The van der Waals surface area contributed by atoms with Gasteiger partial charge in [0, 0.05) is 12.4 Å². The third kappa shape index (κ3) is 33.4. The second-order valence-electron chi connectivity index (χ2n) is 2.22. The van der Waals surface area contributed by atoms with Gasteiger partial charge in [-0.15, -0.1) is 0 Å². The Hall–Kier alpha value is -0.0600. The number of hydrogen-bond donors (Lipinski definition) is 1. The first-order chi connectivity index (χ1) is 5.54. The van der Waals surface area contributed by atoms with E-state index in [0.29, 0.717) is 0 Å². The zero-order valence-corrected chi connectivity index (χ0v) is 10.5. The van der Waals surface area contributed by atoms with Gasteiger partial charge in [-0.3, -0.25) is 4.79 Å². The molecule has 0 saturated carbocycles. The van der Waals surface area contributed by atoms with Gasteiger partial charge in [-0.05, 0) is 12.8 Å². The molecule has 0 aliphatic heterocycles. The van der Waals surface area contributed by atoms with Crippen LogP contribution >= 0.6 is 0 Å². The zero-order valence-electron chi connectivity index (χ0n) is 8.50. The molecule has 0 atom stereocenters. The van der Waals surface area contributed by atoms with Crippen molar-refractivity contribution in [1.29, 1.82) is 0 Å². The molecule has 4 nitrogen and oxygen atoms in total. The molecule has 0 bridgehead atoms. The number of unbranched alkanes of at least 4 members (excludes halogenated alkanes) is 1. The van der Waals surface area contributed by atoms with E-state index < -0.39 is 11.9 Å². The summed E-state index contributed by atoms with van der Waals surface area (Å²) >= 11 is 0. The van der Waals surface area contributed by atoms with E-state index in [-0.39, 0.29) is 42.4 Å². The molecule has 0 saturated heterocycles. The molecular weight excluding hydrogens is 183 g/mol. The van der Waals surface area contributed by atoms with Gasteiger partial charge in [0.05, 0.1) is 0 Å². The Bertz CT molecular complexity index is 136. The second kappa shape index (κ2) is 14.5. The third-order valence-electron chi connectivity index (χ3n) is 1.04. The average Bonchev–Trinajstić information content (AvgIpc) is 2.02. The summed E-state index contributed by atoms with van der Waals surface area (Å²) in [7, 11) is 0. The minimum atomic E-state index is -0.943. The molecule has 0 heterocycles. The number of hydrogen-bond acceptors (Lipinski definition) is 3. The van der Waals surface area contributed by atoms with E-state index in [1.54, 1.807) is 6.92 Å². The predicted octanol–water partition coefficient (Wildman–Crippen LogP) is -2.59. The predicted molar refractivity (Wildman–Crippen MR) is 42.5 cm³/mol. The first-order valence-electron chi connectivity index (χ1n) is 3.96. The molecule has 0 aromatic rings. The van der Waals surface area contributed by atoms with Crippen molar-refractivity contribution < 1.29 is 49.4 Å². The molecule has 0 aromatic heterocycles. The number of aliphatic carboxylic acids is 2.